The van der Waals surface area contributed by atoms with Gasteiger partial charge in [-0.1, -0.05) is 0 Å². The van der Waals surface area contributed by atoms with Gasteiger partial charge in [-0.3, -0.25) is 0 Å². The fourth-order valence-electron chi connectivity index (χ4n) is 4.88. The first kappa shape index (κ1) is 22.0. The van der Waals surface area contributed by atoms with E-state index in [1.54, 1.807) is 0 Å². The van der Waals surface area contributed by atoms with Crippen molar-refractivity contribution in [1.29, 1.82) is 0 Å². The molecule has 0 fully saturated rings. The Kier molecular flexibility index (Phi) is 5.18. The van der Waals surface area contributed by atoms with Crippen molar-refractivity contribution < 1.29 is 3.07 Å². The van der Waals surface area contributed by atoms with E-state index in [0.29, 0.717) is 0 Å². The van der Waals surface area contributed by atoms with E-state index in [4.69, 9.17) is 9.97 Å². The van der Waals surface area contributed by atoms with Crippen LogP contribution in [0.3, 0.4) is 0 Å². The summed E-state index contributed by atoms with van der Waals surface area (Å²) < 4.78 is 19.6. The van der Waals surface area contributed by atoms with Crippen LogP contribution in [0.25, 0.3) is 39.0 Å². The van der Waals surface area contributed by atoms with Crippen LogP contribution in [0.5, 0.6) is 0 Å². The van der Waals surface area contributed by atoms with Crippen LogP contribution >= 0.6 is 18.4 Å². The van der Waals surface area contributed by atoms with Gasteiger partial charge in [-0.2, -0.15) is 0 Å². The minimum atomic E-state index is -3.98. The summed E-state index contributed by atoms with van der Waals surface area (Å²) in [5, 5.41) is 1.01. The molecule has 0 aliphatic carbocycles. The number of halogens is 1. The van der Waals surface area contributed by atoms with Crippen molar-refractivity contribution >= 4 is 46.0 Å². The second kappa shape index (κ2) is 8.71. The van der Waals surface area contributed by atoms with Crippen LogP contribution in [0.2, 0.25) is 0 Å². The number of nitrogens with zero attached hydrogens (tertiary/aromatic N) is 3. The van der Waals surface area contributed by atoms with Gasteiger partial charge >= 0.3 is 219 Å². The summed E-state index contributed by atoms with van der Waals surface area (Å²) >= 11 is -3.98. The Morgan fingerprint density at radius 2 is 1.05 bits per heavy atom. The number of para-hydroxylation sites is 3. The summed E-state index contributed by atoms with van der Waals surface area (Å²) in [5.74, 6) is 0.816. The van der Waals surface area contributed by atoms with Crippen molar-refractivity contribution in [2.45, 2.75) is 0 Å². The zero-order valence-electron chi connectivity index (χ0n) is 19.8. The van der Waals surface area contributed by atoms with Gasteiger partial charge in [0.1, 0.15) is 0 Å². The molecular formula is C32H22IN3O. The average Bonchev–Trinajstić information content (AvgIpc) is 3.37. The number of benzene rings is 5. The Balaban J connectivity index is 1.45. The van der Waals surface area contributed by atoms with Crippen LogP contribution in [0.15, 0.2) is 133 Å². The van der Waals surface area contributed by atoms with E-state index in [1.807, 2.05) is 121 Å². The molecule has 0 bridgehead atoms. The van der Waals surface area contributed by atoms with Crippen LogP contribution in [-0.4, -0.2) is 14.4 Å². The van der Waals surface area contributed by atoms with Crippen molar-refractivity contribution in [1.82, 2.24) is 14.4 Å². The van der Waals surface area contributed by atoms with Crippen LogP contribution in [0.1, 0.15) is 0 Å². The third kappa shape index (κ3) is 3.49. The van der Waals surface area contributed by atoms with Crippen LogP contribution < -0.4 is 0 Å². The monoisotopic (exact) mass is 591 g/mol. The van der Waals surface area contributed by atoms with Gasteiger partial charge in [-0.05, 0) is 0 Å². The van der Waals surface area contributed by atoms with E-state index in [1.165, 1.54) is 0 Å². The molecule has 0 amide bonds. The molecule has 7 aromatic rings. The third-order valence-electron chi connectivity index (χ3n) is 6.63. The van der Waals surface area contributed by atoms with E-state index in [0.717, 1.165) is 49.7 Å². The van der Waals surface area contributed by atoms with Crippen molar-refractivity contribution in [3.05, 3.63) is 144 Å². The number of hydrogen-bond acceptors (Lipinski definition) is 3. The average molecular weight is 591 g/mol. The maximum atomic E-state index is 14.8. The molecule has 7 rings (SSSR count). The number of rotatable bonds is 4. The van der Waals surface area contributed by atoms with Crippen molar-refractivity contribution in [2.75, 3.05) is 0 Å². The first-order valence-corrected chi connectivity index (χ1v) is 16.2. The third-order valence-corrected chi connectivity index (χ3v) is 14.1. The summed E-state index contributed by atoms with van der Waals surface area (Å²) in [4.78, 5) is 10.0. The number of aromatic nitrogens is 3. The number of imidazole rings is 1. The van der Waals surface area contributed by atoms with E-state index >= 15 is 0 Å². The molecule has 4 nitrogen and oxygen atoms in total. The number of hydrogen-bond donors (Lipinski definition) is 0. The van der Waals surface area contributed by atoms with Gasteiger partial charge < -0.3 is 0 Å². The number of fused-ring (bicyclic) bond motifs is 5. The fourth-order valence-corrected chi connectivity index (χ4v) is 11.3. The van der Waals surface area contributed by atoms with Gasteiger partial charge in [0.25, 0.3) is 0 Å². The molecule has 37 heavy (non-hydrogen) atoms. The summed E-state index contributed by atoms with van der Waals surface area (Å²) in [7, 11) is 0. The van der Waals surface area contributed by atoms with Crippen LogP contribution in [-0.2, 0) is 3.07 Å². The second-order valence-electron chi connectivity index (χ2n) is 8.83. The fraction of sp³-hybridized carbons (Fsp3) is 0. The van der Waals surface area contributed by atoms with E-state index in [2.05, 4.69) is 16.5 Å². The van der Waals surface area contributed by atoms with Gasteiger partial charge in [0.2, 0.25) is 0 Å². The molecule has 0 aliphatic rings. The molecule has 2 aromatic heterocycles. The van der Waals surface area contributed by atoms with Crippen LogP contribution in [0.4, 0.5) is 0 Å². The quantitative estimate of drug-likeness (QED) is 0.195. The first-order valence-electron chi connectivity index (χ1n) is 12.1. The molecular weight excluding hydrogens is 569 g/mol. The topological polar surface area (TPSA) is 47.3 Å². The van der Waals surface area contributed by atoms with Gasteiger partial charge in [0, 0.05) is 0 Å². The minimum absolute atomic E-state index is 0.816. The molecule has 5 heteroatoms. The molecule has 178 valence electrons. The molecule has 0 radical (unpaired) electrons. The van der Waals surface area contributed by atoms with Crippen molar-refractivity contribution in [3.63, 3.8) is 0 Å². The van der Waals surface area contributed by atoms with Gasteiger partial charge in [-0.15, -0.1) is 0 Å². The first-order chi connectivity index (χ1) is 18.2. The van der Waals surface area contributed by atoms with Crippen molar-refractivity contribution in [2.24, 2.45) is 0 Å². The van der Waals surface area contributed by atoms with Gasteiger partial charge in [0.15, 0.2) is 0 Å². The molecule has 2 heterocycles. The zero-order chi connectivity index (χ0) is 24.8. The van der Waals surface area contributed by atoms with Gasteiger partial charge in [0.05, 0.1) is 0 Å². The van der Waals surface area contributed by atoms with Crippen LogP contribution in [0, 0.1) is 10.7 Å². The molecule has 0 N–H and O–H groups in total. The summed E-state index contributed by atoms with van der Waals surface area (Å²) in [6, 6.07) is 44.1. The molecule has 0 aliphatic heterocycles. The molecule has 0 spiro atoms. The molecule has 0 saturated carbocycles. The summed E-state index contributed by atoms with van der Waals surface area (Å²) in [6.07, 6.45) is 0. The Hall–Kier alpha value is -4.23. The SMILES string of the molecule is O=I(c1ccccc1)(c1ccccc1)c1ccc(-c2nc3ccccc3c3nc4ccccc4n23)cc1. The summed E-state index contributed by atoms with van der Waals surface area (Å²) in [6.45, 7) is 0. The normalized spacial score (nSPS) is 12.3. The molecule has 5 aromatic carbocycles. The zero-order valence-corrected chi connectivity index (χ0v) is 22.0. The Morgan fingerprint density at radius 1 is 0.514 bits per heavy atom. The van der Waals surface area contributed by atoms with E-state index in [-0.39, 0.29) is 0 Å². The predicted octanol–water partition coefficient (Wildman–Crippen LogP) is 8.00. The Morgan fingerprint density at radius 3 is 1.73 bits per heavy atom. The predicted molar refractivity (Wildman–Crippen MR) is 157 cm³/mol. The Bertz CT molecular complexity index is 1900. The maximum absolute atomic E-state index is 14.8. The Labute approximate surface area is 218 Å². The standard InChI is InChI=1S/C32H22IN3O/c37-33(24-11-3-1-4-12-24,25-13-5-2-6-14-25)26-21-19-23(20-22-26)31-34-28-16-8-7-15-27(28)32-35-29-17-9-10-18-30(29)36(31)32/h1-22H. The molecule has 0 atom stereocenters. The van der Waals surface area contributed by atoms with E-state index < -0.39 is 18.4 Å². The summed E-state index contributed by atoms with van der Waals surface area (Å²) in [5.41, 5.74) is 4.67. The second-order valence-corrected chi connectivity index (χ2v) is 15.5. The molecule has 0 unspecified atom stereocenters. The van der Waals surface area contributed by atoms with E-state index in [9.17, 15) is 3.07 Å². The molecule has 0 saturated heterocycles. The van der Waals surface area contributed by atoms with Crippen molar-refractivity contribution in [3.8, 4) is 11.4 Å². The van der Waals surface area contributed by atoms with Gasteiger partial charge in [-0.25, -0.2) is 0 Å².